The first kappa shape index (κ1) is 29.6. The van der Waals surface area contributed by atoms with Crippen molar-refractivity contribution in [2.24, 2.45) is 0 Å². The Kier molecular flexibility index (Phi) is 7.09. The number of rotatable bonds is 6. The molecule has 3 heteroatoms. The van der Waals surface area contributed by atoms with Gasteiger partial charge in [-0.2, -0.15) is 0 Å². The van der Waals surface area contributed by atoms with E-state index in [1.165, 1.54) is 61.3 Å². The third kappa shape index (κ3) is 4.96. The number of anilines is 3. The van der Waals surface area contributed by atoms with E-state index >= 15 is 0 Å². The first-order valence-electron chi connectivity index (χ1n) is 18.0. The monoisotopic (exact) mass is 655 g/mol. The number of fused-ring (bicyclic) bond motifs is 6. The van der Waals surface area contributed by atoms with Crippen molar-refractivity contribution in [2.45, 2.75) is 24.8 Å². The summed E-state index contributed by atoms with van der Waals surface area (Å²) in [6.07, 6.45) is 13.9. The summed E-state index contributed by atoms with van der Waals surface area (Å²) in [6.45, 7) is 0. The van der Waals surface area contributed by atoms with Crippen LogP contribution in [0.2, 0.25) is 0 Å². The van der Waals surface area contributed by atoms with Crippen molar-refractivity contribution in [3.05, 3.63) is 211 Å². The molecule has 1 aliphatic heterocycles. The minimum atomic E-state index is 0.256. The second kappa shape index (κ2) is 12.2. The van der Waals surface area contributed by atoms with E-state index in [2.05, 4.69) is 202 Å². The molecule has 3 aliphatic rings. The molecule has 51 heavy (non-hydrogen) atoms. The molecule has 2 aliphatic carbocycles. The number of para-hydroxylation sites is 4. The minimum absolute atomic E-state index is 0.256. The first-order chi connectivity index (χ1) is 25.3. The van der Waals surface area contributed by atoms with Crippen LogP contribution in [0.25, 0.3) is 33.1 Å². The van der Waals surface area contributed by atoms with Gasteiger partial charge >= 0.3 is 0 Å². The summed E-state index contributed by atoms with van der Waals surface area (Å²) in [6, 6.07) is 57.4. The highest BCUT2D eigenvalue weighted by atomic mass is 15.2. The Morgan fingerprint density at radius 2 is 1.16 bits per heavy atom. The van der Waals surface area contributed by atoms with Gasteiger partial charge in [0.1, 0.15) is 0 Å². The Morgan fingerprint density at radius 1 is 0.529 bits per heavy atom. The van der Waals surface area contributed by atoms with Gasteiger partial charge < -0.3 is 14.4 Å². The van der Waals surface area contributed by atoms with Crippen LogP contribution >= 0.6 is 0 Å². The van der Waals surface area contributed by atoms with Crippen molar-refractivity contribution < 1.29 is 0 Å². The highest BCUT2D eigenvalue weighted by Gasteiger charge is 2.36. The second-order valence-corrected chi connectivity index (χ2v) is 13.7. The van der Waals surface area contributed by atoms with Crippen LogP contribution in [0, 0.1) is 0 Å². The summed E-state index contributed by atoms with van der Waals surface area (Å²) in [5.41, 5.74) is 13.7. The molecule has 10 rings (SSSR count). The quantitative estimate of drug-likeness (QED) is 0.177. The van der Waals surface area contributed by atoms with Crippen molar-refractivity contribution in [3.8, 4) is 5.69 Å². The molecular weight excluding hydrogens is 619 g/mol. The summed E-state index contributed by atoms with van der Waals surface area (Å²) in [5, 5.41) is 2.55. The summed E-state index contributed by atoms with van der Waals surface area (Å²) < 4.78 is 2.39. The zero-order valence-electron chi connectivity index (χ0n) is 28.3. The van der Waals surface area contributed by atoms with Gasteiger partial charge in [-0.05, 0) is 90.7 Å². The standard InChI is InChI=1S/C48H37N3/c1-3-13-34(14-4-1)35-23-25-37(26-24-35)49(38-27-29-39(30-28-38)51-45-20-10-7-17-41(45)42-18-8-11-21-46(42)51)40-31-32-48-44(33-40)43-19-9-12-22-47(43)50(48)36-15-5-2-6-16-36/h1-23,25-31,33,35,48H,24,32H2. The van der Waals surface area contributed by atoms with Gasteiger partial charge in [0.05, 0.1) is 17.1 Å². The molecule has 2 unspecified atom stereocenters. The lowest BCUT2D eigenvalue weighted by Crippen LogP contribution is -2.30. The van der Waals surface area contributed by atoms with E-state index in [1.54, 1.807) is 0 Å². The highest BCUT2D eigenvalue weighted by molar-refractivity contribution is 6.09. The molecule has 0 fully saturated rings. The van der Waals surface area contributed by atoms with Crippen LogP contribution < -0.4 is 9.80 Å². The van der Waals surface area contributed by atoms with E-state index in [0.29, 0.717) is 5.92 Å². The SMILES string of the molecule is C1=CC(c2ccccc2)CC=C1N(C1=CCC2C(=C1)c1ccccc1N2c1ccccc1)c1ccc(-n2c3ccccc3c3ccccc32)cc1. The Balaban J connectivity index is 1.07. The maximum Gasteiger partial charge on any atom is 0.0634 e. The van der Waals surface area contributed by atoms with Gasteiger partial charge in [0.15, 0.2) is 0 Å². The van der Waals surface area contributed by atoms with Crippen LogP contribution in [0.15, 0.2) is 199 Å². The number of nitrogens with zero attached hydrogens (tertiary/aromatic N) is 3. The molecule has 3 nitrogen and oxygen atoms in total. The minimum Gasteiger partial charge on any atom is -0.333 e. The summed E-state index contributed by atoms with van der Waals surface area (Å²) in [7, 11) is 0. The van der Waals surface area contributed by atoms with Crippen molar-refractivity contribution >= 4 is 44.4 Å². The van der Waals surface area contributed by atoms with E-state index in [4.69, 9.17) is 0 Å². The van der Waals surface area contributed by atoms with Gasteiger partial charge in [0, 0.05) is 56.4 Å². The van der Waals surface area contributed by atoms with Gasteiger partial charge in [-0.25, -0.2) is 0 Å². The van der Waals surface area contributed by atoms with E-state index < -0.39 is 0 Å². The summed E-state index contributed by atoms with van der Waals surface area (Å²) in [4.78, 5) is 4.98. The maximum absolute atomic E-state index is 2.52. The topological polar surface area (TPSA) is 11.4 Å². The van der Waals surface area contributed by atoms with E-state index in [0.717, 1.165) is 24.2 Å². The molecule has 0 radical (unpaired) electrons. The van der Waals surface area contributed by atoms with Crippen molar-refractivity contribution in [1.82, 2.24) is 4.57 Å². The fourth-order valence-corrected chi connectivity index (χ4v) is 8.46. The number of hydrogen-bond acceptors (Lipinski definition) is 2. The molecule has 0 amide bonds. The molecule has 0 saturated heterocycles. The number of aromatic nitrogens is 1. The van der Waals surface area contributed by atoms with Gasteiger partial charge in [-0.3, -0.25) is 0 Å². The highest BCUT2D eigenvalue weighted by Crippen LogP contribution is 2.49. The smallest absolute Gasteiger partial charge is 0.0634 e. The first-order valence-corrected chi connectivity index (χ1v) is 18.0. The fraction of sp³-hybridized carbons (Fsp3) is 0.0833. The van der Waals surface area contributed by atoms with E-state index in [9.17, 15) is 0 Å². The number of allylic oxidation sites excluding steroid dienone is 4. The normalized spacial score (nSPS) is 17.9. The molecule has 0 N–H and O–H groups in total. The Hall–Kier alpha value is -6.32. The van der Waals surface area contributed by atoms with Crippen LogP contribution in [0.1, 0.15) is 29.9 Å². The molecule has 2 heterocycles. The predicted molar refractivity (Wildman–Crippen MR) is 214 cm³/mol. The lowest BCUT2D eigenvalue weighted by atomic mass is 9.90. The third-order valence-electron chi connectivity index (χ3n) is 10.8. The Morgan fingerprint density at radius 3 is 1.86 bits per heavy atom. The largest absolute Gasteiger partial charge is 0.333 e. The van der Waals surface area contributed by atoms with Crippen LogP contribution in [0.3, 0.4) is 0 Å². The molecule has 0 saturated carbocycles. The lowest BCUT2D eigenvalue weighted by Gasteiger charge is -2.34. The molecule has 7 aromatic rings. The predicted octanol–water partition coefficient (Wildman–Crippen LogP) is 12.1. The Bertz CT molecular complexity index is 2480. The summed E-state index contributed by atoms with van der Waals surface area (Å²) >= 11 is 0. The van der Waals surface area contributed by atoms with Crippen LogP contribution in [0.4, 0.5) is 17.1 Å². The van der Waals surface area contributed by atoms with Gasteiger partial charge in [0.25, 0.3) is 0 Å². The molecule has 244 valence electrons. The molecule has 0 bridgehead atoms. The summed E-state index contributed by atoms with van der Waals surface area (Å²) in [5.74, 6) is 0.374. The van der Waals surface area contributed by atoms with Gasteiger partial charge in [0.2, 0.25) is 0 Å². The van der Waals surface area contributed by atoms with Crippen molar-refractivity contribution in [3.63, 3.8) is 0 Å². The van der Waals surface area contributed by atoms with Crippen LogP contribution in [-0.4, -0.2) is 10.6 Å². The van der Waals surface area contributed by atoms with Crippen molar-refractivity contribution in [1.29, 1.82) is 0 Å². The molecule has 2 atom stereocenters. The molecule has 1 aromatic heterocycles. The van der Waals surface area contributed by atoms with Crippen molar-refractivity contribution in [2.75, 3.05) is 9.80 Å². The van der Waals surface area contributed by atoms with Gasteiger partial charge in [-0.15, -0.1) is 0 Å². The van der Waals surface area contributed by atoms with Gasteiger partial charge in [-0.1, -0.05) is 121 Å². The zero-order valence-corrected chi connectivity index (χ0v) is 28.3. The fourth-order valence-electron chi connectivity index (χ4n) is 8.46. The average Bonchev–Trinajstić information content (AvgIpc) is 3.72. The number of hydrogen-bond donors (Lipinski definition) is 0. The lowest BCUT2D eigenvalue weighted by molar-refractivity contribution is 0.813. The second-order valence-electron chi connectivity index (χ2n) is 13.7. The molecule has 6 aromatic carbocycles. The molecular formula is C48H37N3. The zero-order chi connectivity index (χ0) is 33.7. The van der Waals surface area contributed by atoms with Crippen LogP contribution in [-0.2, 0) is 0 Å². The third-order valence-corrected chi connectivity index (χ3v) is 10.8. The van der Waals surface area contributed by atoms with Crippen LogP contribution in [0.5, 0.6) is 0 Å². The average molecular weight is 656 g/mol. The van der Waals surface area contributed by atoms with E-state index in [1.807, 2.05) is 0 Å². The van der Waals surface area contributed by atoms with E-state index in [-0.39, 0.29) is 6.04 Å². The molecule has 0 spiro atoms. The number of benzene rings is 6. The Labute approximate surface area is 299 Å². The maximum atomic E-state index is 2.52.